The zero-order valence-electron chi connectivity index (χ0n) is 9.45. The van der Waals surface area contributed by atoms with Gasteiger partial charge < -0.3 is 5.32 Å². The van der Waals surface area contributed by atoms with E-state index in [9.17, 15) is 9.18 Å². The van der Waals surface area contributed by atoms with Crippen LogP contribution in [0.3, 0.4) is 0 Å². The summed E-state index contributed by atoms with van der Waals surface area (Å²) in [5, 5.41) is 6.78. The summed E-state index contributed by atoms with van der Waals surface area (Å²) in [5.41, 5.74) is 1.06. The molecule has 0 spiro atoms. The van der Waals surface area contributed by atoms with Gasteiger partial charge in [-0.3, -0.25) is 4.79 Å². The van der Waals surface area contributed by atoms with E-state index >= 15 is 0 Å². The molecule has 0 aliphatic carbocycles. The Balaban J connectivity index is 1.96. The van der Waals surface area contributed by atoms with Gasteiger partial charge in [0.15, 0.2) is 0 Å². The molecule has 1 aromatic heterocycles. The third-order valence-electron chi connectivity index (χ3n) is 2.47. The number of hydrogen-bond donors (Lipinski definition) is 1. The van der Waals surface area contributed by atoms with Crippen LogP contribution >= 0.6 is 22.9 Å². The quantitative estimate of drug-likeness (QED) is 0.914. The molecular formula is C13H11ClFNOS. The molecule has 5 heteroatoms. The van der Waals surface area contributed by atoms with Gasteiger partial charge in [0.25, 0.3) is 5.91 Å². The Kier molecular flexibility index (Phi) is 4.33. The van der Waals surface area contributed by atoms with Crippen molar-refractivity contribution in [2.45, 2.75) is 6.42 Å². The highest BCUT2D eigenvalue weighted by molar-refractivity contribution is 7.07. The van der Waals surface area contributed by atoms with Gasteiger partial charge in [-0.2, -0.15) is 11.3 Å². The van der Waals surface area contributed by atoms with Crippen LogP contribution < -0.4 is 5.32 Å². The number of thiophene rings is 1. The number of halogens is 2. The van der Waals surface area contributed by atoms with Gasteiger partial charge in [-0.15, -0.1) is 0 Å². The molecule has 0 saturated heterocycles. The van der Waals surface area contributed by atoms with E-state index in [0.717, 1.165) is 12.0 Å². The van der Waals surface area contributed by atoms with Crippen LogP contribution in [0.15, 0.2) is 35.0 Å². The van der Waals surface area contributed by atoms with Crippen LogP contribution in [0.1, 0.15) is 15.9 Å². The summed E-state index contributed by atoms with van der Waals surface area (Å²) in [6, 6.07) is 6.19. The fourth-order valence-corrected chi connectivity index (χ4v) is 2.51. The fraction of sp³-hybridized carbons (Fsp3) is 0.154. The molecule has 0 aliphatic heterocycles. The van der Waals surface area contributed by atoms with Crippen molar-refractivity contribution >= 4 is 28.8 Å². The second kappa shape index (κ2) is 5.98. The number of carbonyl (C=O) groups is 1. The molecule has 1 aromatic carbocycles. The molecule has 0 atom stereocenters. The Hall–Kier alpha value is -1.39. The topological polar surface area (TPSA) is 29.1 Å². The van der Waals surface area contributed by atoms with Gasteiger partial charge in [0.05, 0.1) is 10.6 Å². The van der Waals surface area contributed by atoms with Crippen molar-refractivity contribution in [2.75, 3.05) is 6.54 Å². The van der Waals surface area contributed by atoms with E-state index in [-0.39, 0.29) is 10.6 Å². The van der Waals surface area contributed by atoms with E-state index in [1.165, 1.54) is 18.2 Å². The van der Waals surface area contributed by atoms with Crippen LogP contribution in [0.5, 0.6) is 0 Å². The van der Waals surface area contributed by atoms with Crippen molar-refractivity contribution in [2.24, 2.45) is 0 Å². The third kappa shape index (κ3) is 3.09. The maximum atomic E-state index is 13.5. The zero-order chi connectivity index (χ0) is 13.0. The van der Waals surface area contributed by atoms with Gasteiger partial charge in [0, 0.05) is 6.54 Å². The largest absolute Gasteiger partial charge is 0.352 e. The first-order valence-corrected chi connectivity index (χ1v) is 6.74. The van der Waals surface area contributed by atoms with Gasteiger partial charge in [-0.05, 0) is 40.9 Å². The molecule has 0 radical (unpaired) electrons. The molecule has 2 rings (SSSR count). The summed E-state index contributed by atoms with van der Waals surface area (Å²) in [6.07, 6.45) is 0.724. The Morgan fingerprint density at radius 3 is 2.89 bits per heavy atom. The molecule has 0 bridgehead atoms. The van der Waals surface area contributed by atoms with Crippen molar-refractivity contribution < 1.29 is 9.18 Å². The Labute approximate surface area is 113 Å². The molecule has 1 heterocycles. The van der Waals surface area contributed by atoms with Gasteiger partial charge in [0.2, 0.25) is 0 Å². The van der Waals surface area contributed by atoms with Gasteiger partial charge >= 0.3 is 0 Å². The molecule has 0 aliphatic rings. The summed E-state index contributed by atoms with van der Waals surface area (Å²) < 4.78 is 13.5. The molecule has 94 valence electrons. The Bertz CT molecular complexity index is 522. The van der Waals surface area contributed by atoms with Crippen molar-refractivity contribution in [3.05, 3.63) is 57.0 Å². The highest BCUT2D eigenvalue weighted by atomic mass is 35.5. The molecular weight excluding hydrogens is 273 g/mol. The van der Waals surface area contributed by atoms with Crippen LogP contribution in [0.2, 0.25) is 5.02 Å². The number of benzene rings is 1. The van der Waals surface area contributed by atoms with Gasteiger partial charge in [0.1, 0.15) is 5.82 Å². The number of nitrogens with one attached hydrogen (secondary N) is 1. The average molecular weight is 284 g/mol. The minimum Gasteiger partial charge on any atom is -0.352 e. The zero-order valence-corrected chi connectivity index (χ0v) is 11.0. The highest BCUT2D eigenvalue weighted by Crippen LogP contribution is 2.18. The summed E-state index contributed by atoms with van der Waals surface area (Å²) in [4.78, 5) is 11.8. The first-order valence-electron chi connectivity index (χ1n) is 5.42. The van der Waals surface area contributed by atoms with Gasteiger partial charge in [-0.25, -0.2) is 4.39 Å². The number of rotatable bonds is 4. The molecule has 1 N–H and O–H groups in total. The normalized spacial score (nSPS) is 10.3. The molecule has 0 saturated carbocycles. The lowest BCUT2D eigenvalue weighted by atomic mass is 10.2. The number of hydrogen-bond acceptors (Lipinski definition) is 2. The predicted molar refractivity (Wildman–Crippen MR) is 71.8 cm³/mol. The standard InChI is InChI=1S/C13H11ClFNOS/c14-10-2-1-3-11(15)12(10)13(17)16-6-4-9-5-7-18-8-9/h1-3,5,7-8H,4,6H2,(H,16,17). The maximum Gasteiger partial charge on any atom is 0.255 e. The van der Waals surface area contributed by atoms with Crippen molar-refractivity contribution in [3.8, 4) is 0 Å². The van der Waals surface area contributed by atoms with E-state index in [0.29, 0.717) is 6.54 Å². The SMILES string of the molecule is O=C(NCCc1ccsc1)c1c(F)cccc1Cl. The lowest BCUT2D eigenvalue weighted by Gasteiger charge is -2.07. The lowest BCUT2D eigenvalue weighted by molar-refractivity contribution is 0.0950. The molecule has 1 amide bonds. The first kappa shape index (κ1) is 13.1. The molecule has 2 aromatic rings. The minimum absolute atomic E-state index is 0.0931. The second-order valence-electron chi connectivity index (χ2n) is 3.73. The van der Waals surface area contributed by atoms with Crippen LogP contribution in [0.4, 0.5) is 4.39 Å². The fourth-order valence-electron chi connectivity index (χ4n) is 1.56. The van der Waals surface area contributed by atoms with E-state index in [1.807, 2.05) is 16.8 Å². The molecule has 0 unspecified atom stereocenters. The average Bonchev–Trinajstić information content (AvgIpc) is 2.82. The van der Waals surface area contributed by atoms with Crippen LogP contribution in [0, 0.1) is 5.82 Å². The summed E-state index contributed by atoms with van der Waals surface area (Å²) in [7, 11) is 0. The summed E-state index contributed by atoms with van der Waals surface area (Å²) in [5.74, 6) is -1.08. The smallest absolute Gasteiger partial charge is 0.255 e. The van der Waals surface area contributed by atoms with E-state index in [2.05, 4.69) is 5.32 Å². The Morgan fingerprint density at radius 2 is 2.22 bits per heavy atom. The van der Waals surface area contributed by atoms with E-state index in [4.69, 9.17) is 11.6 Å². The molecule has 0 fully saturated rings. The first-order chi connectivity index (χ1) is 8.68. The van der Waals surface area contributed by atoms with Crippen molar-refractivity contribution in [3.63, 3.8) is 0 Å². The van der Waals surface area contributed by atoms with Crippen molar-refractivity contribution in [1.29, 1.82) is 0 Å². The van der Waals surface area contributed by atoms with E-state index in [1.54, 1.807) is 11.3 Å². The summed E-state index contributed by atoms with van der Waals surface area (Å²) in [6.45, 7) is 0.459. The van der Waals surface area contributed by atoms with Crippen molar-refractivity contribution in [1.82, 2.24) is 5.32 Å². The minimum atomic E-state index is -0.601. The lowest BCUT2D eigenvalue weighted by Crippen LogP contribution is -2.26. The third-order valence-corrected chi connectivity index (χ3v) is 3.52. The van der Waals surface area contributed by atoms with Gasteiger partial charge in [-0.1, -0.05) is 17.7 Å². The monoisotopic (exact) mass is 283 g/mol. The Morgan fingerprint density at radius 1 is 1.39 bits per heavy atom. The highest BCUT2D eigenvalue weighted by Gasteiger charge is 2.14. The second-order valence-corrected chi connectivity index (χ2v) is 4.92. The molecule has 18 heavy (non-hydrogen) atoms. The van der Waals surface area contributed by atoms with Crippen LogP contribution in [-0.4, -0.2) is 12.5 Å². The maximum absolute atomic E-state index is 13.5. The van der Waals surface area contributed by atoms with E-state index < -0.39 is 11.7 Å². The summed E-state index contributed by atoms with van der Waals surface area (Å²) >= 11 is 7.41. The van der Waals surface area contributed by atoms with Crippen LogP contribution in [0.25, 0.3) is 0 Å². The molecule has 2 nitrogen and oxygen atoms in total. The number of amides is 1. The number of carbonyl (C=O) groups excluding carboxylic acids is 1. The van der Waals surface area contributed by atoms with Crippen LogP contribution in [-0.2, 0) is 6.42 Å². The predicted octanol–water partition coefficient (Wildman–Crippen LogP) is 3.51.